The van der Waals surface area contributed by atoms with Crippen molar-refractivity contribution in [1.29, 1.82) is 0 Å². The summed E-state index contributed by atoms with van der Waals surface area (Å²) in [5.41, 5.74) is -0.786. The van der Waals surface area contributed by atoms with Crippen LogP contribution in [0.15, 0.2) is 30.3 Å². The second kappa shape index (κ2) is 3.30. The molecule has 0 radical (unpaired) electrons. The van der Waals surface area contributed by atoms with Gasteiger partial charge in [-0.3, -0.25) is 4.79 Å². The predicted molar refractivity (Wildman–Crippen MR) is 58.5 cm³/mol. The lowest BCUT2D eigenvalue weighted by Gasteiger charge is -2.08. The van der Waals surface area contributed by atoms with Crippen LogP contribution in [0.25, 0.3) is 0 Å². The lowest BCUT2D eigenvalue weighted by molar-refractivity contribution is -0.123. The average molecular weight is 219 g/mol. The molecule has 16 heavy (non-hydrogen) atoms. The molecule has 1 aromatic rings. The molecule has 2 aliphatic carbocycles. The smallest absolute Gasteiger partial charge is 0.227 e. The van der Waals surface area contributed by atoms with Gasteiger partial charge in [0, 0.05) is 12.5 Å². The van der Waals surface area contributed by atoms with Gasteiger partial charge in [0.2, 0.25) is 5.91 Å². The van der Waals surface area contributed by atoms with Crippen molar-refractivity contribution >= 4 is 5.91 Å². The van der Waals surface area contributed by atoms with Gasteiger partial charge in [-0.05, 0) is 18.4 Å². The highest BCUT2D eigenvalue weighted by Gasteiger charge is 2.61. The number of alkyl halides is 1. The van der Waals surface area contributed by atoms with E-state index in [1.807, 2.05) is 18.2 Å². The van der Waals surface area contributed by atoms with Crippen LogP contribution in [0.3, 0.4) is 0 Å². The third kappa shape index (κ3) is 1.60. The van der Waals surface area contributed by atoms with Gasteiger partial charge in [0.1, 0.15) is 5.67 Å². The first-order valence-electron chi connectivity index (χ1n) is 5.75. The van der Waals surface area contributed by atoms with E-state index < -0.39 is 11.6 Å². The maximum atomic E-state index is 14.4. The molecule has 3 heteroatoms. The van der Waals surface area contributed by atoms with E-state index in [-0.39, 0.29) is 5.91 Å². The summed E-state index contributed by atoms with van der Waals surface area (Å²) < 4.78 is 14.4. The maximum Gasteiger partial charge on any atom is 0.227 e. The molecule has 0 aliphatic heterocycles. The summed E-state index contributed by atoms with van der Waals surface area (Å²) in [5, 5.41) is 2.86. The predicted octanol–water partition coefficient (Wildman–Crippen LogP) is 2.15. The first-order valence-corrected chi connectivity index (χ1v) is 5.75. The number of hydrogen-bond donors (Lipinski definition) is 1. The van der Waals surface area contributed by atoms with E-state index in [1.54, 1.807) is 12.1 Å². The number of amides is 1. The highest BCUT2D eigenvalue weighted by atomic mass is 19.1. The Morgan fingerprint density at radius 2 is 2.00 bits per heavy atom. The number of rotatable bonds is 3. The lowest BCUT2D eigenvalue weighted by Crippen LogP contribution is -2.29. The van der Waals surface area contributed by atoms with E-state index in [2.05, 4.69) is 5.32 Å². The number of nitrogens with one attached hydrogen (secondary N) is 1. The van der Waals surface area contributed by atoms with Gasteiger partial charge >= 0.3 is 0 Å². The maximum absolute atomic E-state index is 14.4. The molecule has 2 fully saturated rings. The van der Waals surface area contributed by atoms with Crippen molar-refractivity contribution in [3.63, 3.8) is 0 Å². The van der Waals surface area contributed by atoms with Gasteiger partial charge in [-0.1, -0.05) is 30.3 Å². The summed E-state index contributed by atoms with van der Waals surface area (Å²) in [4.78, 5) is 11.7. The quantitative estimate of drug-likeness (QED) is 0.829. The minimum Gasteiger partial charge on any atom is -0.353 e. The van der Waals surface area contributed by atoms with Gasteiger partial charge in [0.05, 0.1) is 5.92 Å². The van der Waals surface area contributed by atoms with Crippen LogP contribution in [0, 0.1) is 5.92 Å². The van der Waals surface area contributed by atoms with Crippen LogP contribution < -0.4 is 5.32 Å². The van der Waals surface area contributed by atoms with Crippen molar-refractivity contribution in [2.24, 2.45) is 5.92 Å². The minimum atomic E-state index is -1.42. The number of hydrogen-bond acceptors (Lipinski definition) is 1. The molecule has 0 spiro atoms. The van der Waals surface area contributed by atoms with Crippen molar-refractivity contribution in [3.05, 3.63) is 35.9 Å². The van der Waals surface area contributed by atoms with E-state index in [1.165, 1.54) is 0 Å². The standard InChI is InChI=1S/C13H14FNO/c14-13(9-4-2-1-3-5-9)8-11(13)12(16)15-10-6-7-10/h1-5,10-11H,6-8H2,(H,15,16)/t11-,13+/m0/s1. The monoisotopic (exact) mass is 219 g/mol. The van der Waals surface area contributed by atoms with Gasteiger partial charge in [-0.2, -0.15) is 0 Å². The molecule has 0 aromatic heterocycles. The number of carbonyl (C=O) groups excluding carboxylic acids is 1. The molecular weight excluding hydrogens is 205 g/mol. The molecule has 2 saturated carbocycles. The summed E-state index contributed by atoms with van der Waals surface area (Å²) >= 11 is 0. The lowest BCUT2D eigenvalue weighted by atomic mass is 10.1. The minimum absolute atomic E-state index is 0.117. The van der Waals surface area contributed by atoms with Crippen LogP contribution in [0.1, 0.15) is 24.8 Å². The van der Waals surface area contributed by atoms with Crippen LogP contribution in [0.4, 0.5) is 4.39 Å². The Kier molecular flexibility index (Phi) is 2.03. The summed E-state index contributed by atoms with van der Waals surface area (Å²) in [7, 11) is 0. The van der Waals surface area contributed by atoms with E-state index in [0.717, 1.165) is 12.8 Å². The van der Waals surface area contributed by atoms with Crippen molar-refractivity contribution < 1.29 is 9.18 Å². The van der Waals surface area contributed by atoms with Crippen molar-refractivity contribution in [2.45, 2.75) is 31.0 Å². The fourth-order valence-electron chi connectivity index (χ4n) is 2.10. The summed E-state index contributed by atoms with van der Waals surface area (Å²) in [6.45, 7) is 0. The fraction of sp³-hybridized carbons (Fsp3) is 0.462. The number of carbonyl (C=O) groups is 1. The highest BCUT2D eigenvalue weighted by Crippen LogP contribution is 2.55. The molecule has 2 aliphatic rings. The Morgan fingerprint density at radius 3 is 2.62 bits per heavy atom. The fourth-order valence-corrected chi connectivity index (χ4v) is 2.10. The molecule has 0 unspecified atom stereocenters. The number of halogens is 1. The van der Waals surface area contributed by atoms with Crippen LogP contribution in [0.5, 0.6) is 0 Å². The van der Waals surface area contributed by atoms with Crippen molar-refractivity contribution in [1.82, 2.24) is 5.32 Å². The molecule has 84 valence electrons. The molecule has 1 N–H and O–H groups in total. The Balaban J connectivity index is 1.71. The topological polar surface area (TPSA) is 29.1 Å². The first kappa shape index (κ1) is 9.82. The van der Waals surface area contributed by atoms with Crippen LogP contribution in [0.2, 0.25) is 0 Å². The SMILES string of the molecule is O=C(NC1CC1)[C@@H]1C[C@@]1(F)c1ccccc1. The number of benzene rings is 1. The molecule has 2 atom stereocenters. The molecule has 1 aromatic carbocycles. The van der Waals surface area contributed by atoms with Gasteiger partial charge in [0.25, 0.3) is 0 Å². The van der Waals surface area contributed by atoms with Gasteiger partial charge in [-0.15, -0.1) is 0 Å². The zero-order valence-electron chi connectivity index (χ0n) is 8.95. The zero-order chi connectivity index (χ0) is 11.2. The van der Waals surface area contributed by atoms with Gasteiger partial charge in [0.15, 0.2) is 0 Å². The molecule has 3 rings (SSSR count). The third-order valence-electron chi connectivity index (χ3n) is 3.39. The summed E-state index contributed by atoms with van der Waals surface area (Å²) in [6.07, 6.45) is 2.42. The van der Waals surface area contributed by atoms with Crippen molar-refractivity contribution in [2.75, 3.05) is 0 Å². The first-order chi connectivity index (χ1) is 7.70. The highest BCUT2D eigenvalue weighted by molar-refractivity contribution is 5.84. The summed E-state index contributed by atoms with van der Waals surface area (Å²) in [6, 6.07) is 9.30. The van der Waals surface area contributed by atoms with Gasteiger partial charge in [-0.25, -0.2) is 4.39 Å². The van der Waals surface area contributed by atoms with Crippen molar-refractivity contribution in [3.8, 4) is 0 Å². The van der Waals surface area contributed by atoms with Crippen LogP contribution in [-0.4, -0.2) is 11.9 Å². The van der Waals surface area contributed by atoms with E-state index in [9.17, 15) is 9.18 Å². The Bertz CT molecular complexity index is 415. The second-order valence-electron chi connectivity index (χ2n) is 4.77. The largest absolute Gasteiger partial charge is 0.353 e. The van der Waals surface area contributed by atoms with Gasteiger partial charge < -0.3 is 5.32 Å². The van der Waals surface area contributed by atoms with Crippen LogP contribution in [-0.2, 0) is 10.5 Å². The normalized spacial score (nSPS) is 32.2. The molecule has 0 heterocycles. The second-order valence-corrected chi connectivity index (χ2v) is 4.77. The molecule has 0 bridgehead atoms. The van der Waals surface area contributed by atoms with E-state index in [4.69, 9.17) is 0 Å². The summed E-state index contributed by atoms with van der Waals surface area (Å²) in [5.74, 6) is -0.593. The van der Waals surface area contributed by atoms with E-state index >= 15 is 0 Å². The molecular formula is C13H14FNO. The molecule has 1 amide bonds. The Labute approximate surface area is 93.9 Å². The zero-order valence-corrected chi connectivity index (χ0v) is 8.95. The van der Waals surface area contributed by atoms with Crippen LogP contribution >= 0.6 is 0 Å². The average Bonchev–Trinajstić information content (AvgIpc) is 3.18. The van der Waals surface area contributed by atoms with E-state index in [0.29, 0.717) is 18.0 Å². The molecule has 0 saturated heterocycles. The Morgan fingerprint density at radius 1 is 1.31 bits per heavy atom. The Hall–Kier alpha value is -1.38. The third-order valence-corrected chi connectivity index (χ3v) is 3.39. The molecule has 2 nitrogen and oxygen atoms in total.